The van der Waals surface area contributed by atoms with Gasteiger partial charge in [-0.05, 0) is 18.2 Å². The van der Waals surface area contributed by atoms with Crippen LogP contribution in [-0.2, 0) is 0 Å². The van der Waals surface area contributed by atoms with Crippen molar-refractivity contribution in [1.82, 2.24) is 5.01 Å². The molecule has 0 aliphatic heterocycles. The number of nitrogens with zero attached hydrogens (tertiary/aromatic N) is 2. The van der Waals surface area contributed by atoms with E-state index in [2.05, 4.69) is 5.10 Å². The molecule has 14 heavy (non-hydrogen) atoms. The van der Waals surface area contributed by atoms with Crippen LogP contribution in [0.3, 0.4) is 0 Å². The fourth-order valence-corrected chi connectivity index (χ4v) is 1.02. The summed E-state index contributed by atoms with van der Waals surface area (Å²) in [5.74, 6) is 9.53. The van der Waals surface area contributed by atoms with Gasteiger partial charge in [0.25, 0.3) is 0 Å². The second kappa shape index (κ2) is 3.93. The quantitative estimate of drug-likeness (QED) is 0.255. The molecule has 0 saturated carbocycles. The lowest BCUT2D eigenvalue weighted by Gasteiger charge is -2.14. The van der Waals surface area contributed by atoms with E-state index in [4.69, 9.17) is 16.8 Å². The number of amidine groups is 1. The average molecular weight is 198 g/mol. The maximum absolute atomic E-state index is 12.9. The van der Waals surface area contributed by atoms with Gasteiger partial charge in [-0.15, -0.1) is 0 Å². The fraction of sp³-hybridized carbons (Fsp3) is 0.125. The SMILES string of the molecule is CN(N)/C(=N\N)c1ccc(O)c(F)c1. The van der Waals surface area contributed by atoms with Crippen LogP contribution in [0, 0.1) is 5.82 Å². The minimum absolute atomic E-state index is 0.226. The second-order valence-corrected chi connectivity index (χ2v) is 2.73. The summed E-state index contributed by atoms with van der Waals surface area (Å²) in [6, 6.07) is 3.77. The van der Waals surface area contributed by atoms with Gasteiger partial charge >= 0.3 is 0 Å². The number of rotatable bonds is 1. The maximum Gasteiger partial charge on any atom is 0.169 e. The van der Waals surface area contributed by atoms with Crippen LogP contribution in [0.2, 0.25) is 0 Å². The monoisotopic (exact) mass is 198 g/mol. The van der Waals surface area contributed by atoms with Gasteiger partial charge in [0.05, 0.1) is 0 Å². The van der Waals surface area contributed by atoms with Crippen molar-refractivity contribution in [3.05, 3.63) is 29.6 Å². The van der Waals surface area contributed by atoms with Crippen LogP contribution in [0.1, 0.15) is 5.56 Å². The predicted octanol–water partition coefficient (Wildman–Crippen LogP) is -0.0429. The highest BCUT2D eigenvalue weighted by atomic mass is 19.1. The van der Waals surface area contributed by atoms with Crippen molar-refractivity contribution in [2.45, 2.75) is 0 Å². The Labute approximate surface area is 80.4 Å². The van der Waals surface area contributed by atoms with Gasteiger partial charge in [-0.1, -0.05) is 0 Å². The van der Waals surface area contributed by atoms with Crippen LogP contribution in [-0.4, -0.2) is 23.0 Å². The third kappa shape index (κ3) is 1.91. The number of hydrazone groups is 1. The molecule has 0 atom stereocenters. The lowest BCUT2D eigenvalue weighted by molar-refractivity contribution is 0.432. The molecule has 5 N–H and O–H groups in total. The lowest BCUT2D eigenvalue weighted by Crippen LogP contribution is -2.34. The molecule has 1 aromatic carbocycles. The zero-order chi connectivity index (χ0) is 10.7. The van der Waals surface area contributed by atoms with E-state index in [9.17, 15) is 4.39 Å². The van der Waals surface area contributed by atoms with Gasteiger partial charge in [0.2, 0.25) is 0 Å². The van der Waals surface area contributed by atoms with Crippen LogP contribution in [0.4, 0.5) is 4.39 Å². The largest absolute Gasteiger partial charge is 0.505 e. The van der Waals surface area contributed by atoms with Crippen LogP contribution in [0.15, 0.2) is 23.3 Å². The number of benzene rings is 1. The highest BCUT2D eigenvalue weighted by molar-refractivity contribution is 5.98. The molecular weight excluding hydrogens is 187 g/mol. The number of halogens is 1. The summed E-state index contributed by atoms with van der Waals surface area (Å²) >= 11 is 0. The summed E-state index contributed by atoms with van der Waals surface area (Å²) in [7, 11) is 1.52. The third-order valence-corrected chi connectivity index (χ3v) is 1.66. The third-order valence-electron chi connectivity index (χ3n) is 1.66. The molecular formula is C8H11FN4O. The van der Waals surface area contributed by atoms with E-state index in [0.29, 0.717) is 5.56 Å². The predicted molar refractivity (Wildman–Crippen MR) is 50.7 cm³/mol. The molecule has 0 amide bonds. The Morgan fingerprint density at radius 3 is 2.64 bits per heavy atom. The van der Waals surface area contributed by atoms with E-state index in [1.54, 1.807) is 0 Å². The molecule has 0 unspecified atom stereocenters. The molecule has 0 saturated heterocycles. The minimum Gasteiger partial charge on any atom is -0.505 e. The van der Waals surface area contributed by atoms with Crippen molar-refractivity contribution in [2.75, 3.05) is 7.05 Å². The molecule has 1 aromatic rings. The van der Waals surface area contributed by atoms with Crippen molar-refractivity contribution in [1.29, 1.82) is 0 Å². The van der Waals surface area contributed by atoms with Gasteiger partial charge < -0.3 is 10.9 Å². The van der Waals surface area contributed by atoms with E-state index in [1.165, 1.54) is 19.2 Å². The first-order valence-corrected chi connectivity index (χ1v) is 3.81. The summed E-state index contributed by atoms with van der Waals surface area (Å²) in [4.78, 5) is 0. The summed E-state index contributed by atoms with van der Waals surface area (Å²) < 4.78 is 12.9. The van der Waals surface area contributed by atoms with Gasteiger partial charge in [0.1, 0.15) is 0 Å². The topological polar surface area (TPSA) is 87.9 Å². The van der Waals surface area contributed by atoms with Crippen LogP contribution in [0.25, 0.3) is 0 Å². The second-order valence-electron chi connectivity index (χ2n) is 2.73. The Bertz CT molecular complexity index is 364. The molecule has 0 fully saturated rings. The van der Waals surface area contributed by atoms with Crippen LogP contribution < -0.4 is 11.7 Å². The first kappa shape index (κ1) is 10.3. The summed E-state index contributed by atoms with van der Waals surface area (Å²) in [6.07, 6.45) is 0. The number of aromatic hydroxyl groups is 1. The zero-order valence-corrected chi connectivity index (χ0v) is 7.61. The first-order valence-electron chi connectivity index (χ1n) is 3.81. The highest BCUT2D eigenvalue weighted by Crippen LogP contribution is 2.16. The normalized spacial score (nSPS) is 11.5. The molecule has 0 aromatic heterocycles. The van der Waals surface area contributed by atoms with E-state index in [1.807, 2.05) is 0 Å². The average Bonchev–Trinajstić information content (AvgIpc) is 2.11. The molecule has 0 aliphatic carbocycles. The Kier molecular flexibility index (Phi) is 2.88. The molecule has 0 spiro atoms. The van der Waals surface area contributed by atoms with Gasteiger partial charge in [-0.2, -0.15) is 5.10 Å². The number of hydrazine groups is 1. The number of phenolic OH excluding ortho intramolecular Hbond substituents is 1. The Morgan fingerprint density at radius 2 is 2.21 bits per heavy atom. The molecule has 0 bridgehead atoms. The van der Waals surface area contributed by atoms with E-state index in [-0.39, 0.29) is 5.84 Å². The number of hydrogen-bond acceptors (Lipinski definition) is 4. The molecule has 6 heteroatoms. The summed E-state index contributed by atoms with van der Waals surface area (Å²) in [5, 5.41) is 13.5. The molecule has 1 rings (SSSR count). The summed E-state index contributed by atoms with van der Waals surface area (Å²) in [6.45, 7) is 0. The van der Waals surface area contributed by atoms with Gasteiger partial charge in [0.15, 0.2) is 17.4 Å². The number of nitrogens with two attached hydrogens (primary N) is 2. The van der Waals surface area contributed by atoms with Gasteiger partial charge in [0, 0.05) is 12.6 Å². The molecule has 5 nitrogen and oxygen atoms in total. The Hall–Kier alpha value is -1.82. The van der Waals surface area contributed by atoms with E-state index < -0.39 is 11.6 Å². The first-order chi connectivity index (χ1) is 6.56. The Balaban J connectivity index is 3.13. The smallest absolute Gasteiger partial charge is 0.169 e. The lowest BCUT2D eigenvalue weighted by atomic mass is 10.2. The Morgan fingerprint density at radius 1 is 1.57 bits per heavy atom. The van der Waals surface area contributed by atoms with Crippen LogP contribution in [0.5, 0.6) is 5.75 Å². The molecule has 0 heterocycles. The molecule has 76 valence electrons. The van der Waals surface area contributed by atoms with Crippen molar-refractivity contribution in [3.8, 4) is 5.75 Å². The van der Waals surface area contributed by atoms with Crippen LogP contribution >= 0.6 is 0 Å². The number of phenols is 1. The maximum atomic E-state index is 12.9. The van der Waals surface area contributed by atoms with Gasteiger partial charge in [-0.25, -0.2) is 10.2 Å². The standard InChI is InChI=1S/C8H11FN4O/c1-13(11)8(12-10)5-2-3-7(14)6(9)4-5/h2-4,14H,10-11H2,1H3/b12-8-. The molecule has 0 radical (unpaired) electrons. The van der Waals surface area contributed by atoms with Crippen molar-refractivity contribution in [3.63, 3.8) is 0 Å². The fourth-order valence-electron chi connectivity index (χ4n) is 1.02. The van der Waals surface area contributed by atoms with Crippen molar-refractivity contribution < 1.29 is 9.50 Å². The minimum atomic E-state index is -0.745. The van der Waals surface area contributed by atoms with E-state index >= 15 is 0 Å². The van der Waals surface area contributed by atoms with Crippen molar-refractivity contribution in [2.24, 2.45) is 16.8 Å². The van der Waals surface area contributed by atoms with Gasteiger partial charge in [-0.3, -0.25) is 5.01 Å². The van der Waals surface area contributed by atoms with E-state index in [0.717, 1.165) is 11.1 Å². The van der Waals surface area contributed by atoms with Crippen molar-refractivity contribution >= 4 is 5.84 Å². The molecule has 0 aliphatic rings. The zero-order valence-electron chi connectivity index (χ0n) is 7.61. The highest BCUT2D eigenvalue weighted by Gasteiger charge is 2.09. The summed E-state index contributed by atoms with van der Waals surface area (Å²) in [5.41, 5.74) is 0.396. The number of hydrogen-bond donors (Lipinski definition) is 3.